The number of nitrogens with one attached hydrogen (secondary N) is 1. The van der Waals surface area contributed by atoms with Gasteiger partial charge >= 0.3 is 0 Å². The number of anilines is 1. The Kier molecular flexibility index (Phi) is 2.74. The van der Waals surface area contributed by atoms with Crippen LogP contribution >= 0.6 is 0 Å². The van der Waals surface area contributed by atoms with Crippen LogP contribution in [0.15, 0.2) is 36.4 Å². The van der Waals surface area contributed by atoms with Crippen LogP contribution in [-0.2, 0) is 9.59 Å². The zero-order valence-electron chi connectivity index (χ0n) is 9.01. The minimum Gasteiger partial charge on any atom is -0.398 e. The minimum atomic E-state index is -0.394. The topological polar surface area (TPSA) is 87.2 Å². The van der Waals surface area contributed by atoms with Crippen LogP contribution < -0.4 is 5.73 Å². The van der Waals surface area contributed by atoms with Gasteiger partial charge < -0.3 is 11.1 Å². The summed E-state index contributed by atoms with van der Waals surface area (Å²) in [5.41, 5.74) is 6.87. The summed E-state index contributed by atoms with van der Waals surface area (Å²) < 4.78 is 0. The molecular formula is C12H11N3O2. The SMILES string of the molecule is N=C(CN1C(=O)C=CC1=O)c1ccccc1N. The molecule has 3 N–H and O–H groups in total. The van der Waals surface area contributed by atoms with Crippen molar-refractivity contribution in [2.45, 2.75) is 0 Å². The fourth-order valence-corrected chi connectivity index (χ4v) is 1.60. The molecule has 0 saturated heterocycles. The van der Waals surface area contributed by atoms with E-state index in [1.54, 1.807) is 24.3 Å². The quantitative estimate of drug-likeness (QED) is 0.451. The molecule has 86 valence electrons. The molecule has 0 unspecified atom stereocenters. The van der Waals surface area contributed by atoms with Crippen molar-refractivity contribution in [2.75, 3.05) is 12.3 Å². The number of hydrogen-bond acceptors (Lipinski definition) is 4. The lowest BCUT2D eigenvalue weighted by atomic mass is 10.1. The van der Waals surface area contributed by atoms with Gasteiger partial charge in [0.25, 0.3) is 11.8 Å². The Morgan fingerprint density at radius 2 is 1.76 bits per heavy atom. The smallest absolute Gasteiger partial charge is 0.253 e. The Bertz CT molecular complexity index is 516. The first-order chi connectivity index (χ1) is 8.09. The molecule has 5 nitrogen and oxygen atoms in total. The van der Waals surface area contributed by atoms with Crippen molar-refractivity contribution < 1.29 is 9.59 Å². The summed E-state index contributed by atoms with van der Waals surface area (Å²) >= 11 is 0. The summed E-state index contributed by atoms with van der Waals surface area (Å²) in [5, 5.41) is 7.86. The Morgan fingerprint density at radius 3 is 2.35 bits per heavy atom. The van der Waals surface area contributed by atoms with Crippen LogP contribution in [0.1, 0.15) is 5.56 Å². The Hall–Kier alpha value is -2.43. The van der Waals surface area contributed by atoms with Gasteiger partial charge in [0, 0.05) is 23.4 Å². The number of rotatable bonds is 3. The van der Waals surface area contributed by atoms with Crippen molar-refractivity contribution in [1.29, 1.82) is 5.41 Å². The number of amides is 2. The number of nitrogens with zero attached hydrogens (tertiary/aromatic N) is 1. The second kappa shape index (κ2) is 4.21. The zero-order valence-corrected chi connectivity index (χ0v) is 9.01. The summed E-state index contributed by atoms with van der Waals surface area (Å²) in [6, 6.07) is 6.89. The molecule has 1 aliphatic heterocycles. The van der Waals surface area contributed by atoms with Crippen molar-refractivity contribution >= 4 is 23.2 Å². The molecule has 0 atom stereocenters. The third-order valence-electron chi connectivity index (χ3n) is 2.50. The molecule has 0 radical (unpaired) electrons. The van der Waals surface area contributed by atoms with E-state index in [0.717, 1.165) is 4.90 Å². The average molecular weight is 229 g/mol. The van der Waals surface area contributed by atoms with E-state index in [1.807, 2.05) is 0 Å². The Labute approximate surface area is 98.0 Å². The Morgan fingerprint density at radius 1 is 1.18 bits per heavy atom. The highest BCUT2D eigenvalue weighted by atomic mass is 16.2. The van der Waals surface area contributed by atoms with Gasteiger partial charge in [0.2, 0.25) is 0 Å². The first-order valence-corrected chi connectivity index (χ1v) is 5.05. The number of para-hydroxylation sites is 1. The van der Waals surface area contributed by atoms with Crippen LogP contribution in [0.5, 0.6) is 0 Å². The molecule has 5 heteroatoms. The van der Waals surface area contributed by atoms with Gasteiger partial charge in [0.1, 0.15) is 0 Å². The molecule has 1 aromatic rings. The minimum absolute atomic E-state index is 0.0567. The highest BCUT2D eigenvalue weighted by Gasteiger charge is 2.24. The number of benzene rings is 1. The molecule has 17 heavy (non-hydrogen) atoms. The first kappa shape index (κ1) is 11.1. The molecule has 2 amide bonds. The summed E-state index contributed by atoms with van der Waals surface area (Å²) in [6.45, 7) is -0.0567. The molecule has 0 bridgehead atoms. The van der Waals surface area contributed by atoms with Gasteiger partial charge in [0.05, 0.1) is 12.3 Å². The number of nitrogens with two attached hydrogens (primary N) is 1. The first-order valence-electron chi connectivity index (χ1n) is 5.05. The molecule has 1 aromatic carbocycles. The normalized spacial score (nSPS) is 14.5. The van der Waals surface area contributed by atoms with Gasteiger partial charge in [-0.2, -0.15) is 0 Å². The van der Waals surface area contributed by atoms with Gasteiger partial charge in [-0.25, -0.2) is 0 Å². The molecule has 1 heterocycles. The van der Waals surface area contributed by atoms with Crippen molar-refractivity contribution in [1.82, 2.24) is 4.90 Å². The predicted molar refractivity (Wildman–Crippen MR) is 63.5 cm³/mol. The monoisotopic (exact) mass is 229 g/mol. The van der Waals surface area contributed by atoms with Gasteiger partial charge in [-0.3, -0.25) is 14.5 Å². The van der Waals surface area contributed by atoms with E-state index in [9.17, 15) is 9.59 Å². The second-order valence-corrected chi connectivity index (χ2v) is 3.66. The lowest BCUT2D eigenvalue weighted by Crippen LogP contribution is -2.35. The number of nitrogen functional groups attached to an aromatic ring is 1. The predicted octanol–water partition coefficient (Wildman–Crippen LogP) is 0.562. The third-order valence-corrected chi connectivity index (χ3v) is 2.50. The summed E-state index contributed by atoms with van der Waals surface area (Å²) in [7, 11) is 0. The van der Waals surface area contributed by atoms with Gasteiger partial charge in [0.15, 0.2) is 0 Å². The molecule has 0 fully saturated rings. The third kappa shape index (κ3) is 2.08. The summed E-state index contributed by atoms with van der Waals surface area (Å²) in [6.07, 6.45) is 2.40. The molecule has 0 aliphatic carbocycles. The van der Waals surface area contributed by atoms with Gasteiger partial charge in [-0.1, -0.05) is 18.2 Å². The molecule has 0 spiro atoms. The number of carbonyl (C=O) groups excluding carboxylic acids is 2. The van der Waals surface area contributed by atoms with Gasteiger partial charge in [-0.15, -0.1) is 0 Å². The standard InChI is InChI=1S/C12H11N3O2/c13-9-4-2-1-3-8(9)10(14)7-15-11(16)5-6-12(15)17/h1-6,14H,7,13H2. The van der Waals surface area contributed by atoms with Crippen molar-refractivity contribution in [3.05, 3.63) is 42.0 Å². The molecule has 2 rings (SSSR count). The fourth-order valence-electron chi connectivity index (χ4n) is 1.60. The maximum Gasteiger partial charge on any atom is 0.253 e. The van der Waals surface area contributed by atoms with Gasteiger partial charge in [-0.05, 0) is 6.07 Å². The van der Waals surface area contributed by atoms with Crippen molar-refractivity contribution in [2.24, 2.45) is 0 Å². The van der Waals surface area contributed by atoms with E-state index in [1.165, 1.54) is 12.2 Å². The van der Waals surface area contributed by atoms with Crippen LogP contribution in [-0.4, -0.2) is 29.0 Å². The van der Waals surface area contributed by atoms with Crippen molar-refractivity contribution in [3.63, 3.8) is 0 Å². The zero-order chi connectivity index (χ0) is 12.4. The summed E-state index contributed by atoms with van der Waals surface area (Å²) in [5.74, 6) is -0.788. The second-order valence-electron chi connectivity index (χ2n) is 3.66. The Balaban J connectivity index is 2.16. The fraction of sp³-hybridized carbons (Fsp3) is 0.0833. The molecular weight excluding hydrogens is 218 g/mol. The highest BCUT2D eigenvalue weighted by molar-refractivity contribution is 6.16. The van der Waals surface area contributed by atoms with E-state index in [4.69, 9.17) is 11.1 Å². The largest absolute Gasteiger partial charge is 0.398 e. The maximum absolute atomic E-state index is 11.3. The van der Waals surface area contributed by atoms with E-state index in [2.05, 4.69) is 0 Å². The highest BCUT2D eigenvalue weighted by Crippen LogP contribution is 2.13. The average Bonchev–Trinajstić information content (AvgIpc) is 2.61. The number of hydrogen-bond donors (Lipinski definition) is 2. The van der Waals surface area contributed by atoms with Crippen molar-refractivity contribution in [3.8, 4) is 0 Å². The van der Waals surface area contributed by atoms with Crippen LogP contribution in [0.2, 0.25) is 0 Å². The lowest BCUT2D eigenvalue weighted by molar-refractivity contribution is -0.135. The molecule has 1 aliphatic rings. The summed E-state index contributed by atoms with van der Waals surface area (Å²) in [4.78, 5) is 23.7. The van der Waals surface area contributed by atoms with Crippen LogP contribution in [0.25, 0.3) is 0 Å². The number of carbonyl (C=O) groups is 2. The van der Waals surface area contributed by atoms with Crippen LogP contribution in [0, 0.1) is 5.41 Å². The van der Waals surface area contributed by atoms with E-state index < -0.39 is 11.8 Å². The van der Waals surface area contributed by atoms with Crippen LogP contribution in [0.3, 0.4) is 0 Å². The molecule has 0 aromatic heterocycles. The van der Waals surface area contributed by atoms with E-state index in [-0.39, 0.29) is 12.3 Å². The number of imide groups is 1. The molecule has 0 saturated carbocycles. The van der Waals surface area contributed by atoms with E-state index >= 15 is 0 Å². The maximum atomic E-state index is 11.3. The van der Waals surface area contributed by atoms with E-state index in [0.29, 0.717) is 11.3 Å². The lowest BCUT2D eigenvalue weighted by Gasteiger charge is -2.15. The van der Waals surface area contributed by atoms with Crippen LogP contribution in [0.4, 0.5) is 5.69 Å².